The summed E-state index contributed by atoms with van der Waals surface area (Å²) in [6.07, 6.45) is 0.440. The summed E-state index contributed by atoms with van der Waals surface area (Å²) in [5.41, 5.74) is -0.292. The number of carboxylic acids is 1. The van der Waals surface area contributed by atoms with Crippen molar-refractivity contribution < 1.29 is 9.90 Å². The Morgan fingerprint density at radius 2 is 1.89 bits per heavy atom. The maximum atomic E-state index is 12.2. The topological polar surface area (TPSA) is 81.3 Å². The number of aromatic nitrogens is 2. The van der Waals surface area contributed by atoms with Crippen LogP contribution in [0.2, 0.25) is 0 Å². The average Bonchev–Trinajstić information content (AvgIpc) is 2.71. The Morgan fingerprint density at radius 1 is 1.26 bits per heavy atom. The second-order valence-corrected chi connectivity index (χ2v) is 5.40. The fourth-order valence-corrected chi connectivity index (χ4v) is 3.35. The molecule has 6 nitrogen and oxygen atoms in total. The maximum Gasteiger partial charge on any atom is 0.331 e. The molecule has 1 N–H and O–H groups in total. The van der Waals surface area contributed by atoms with Gasteiger partial charge in [0.15, 0.2) is 0 Å². The lowest BCUT2D eigenvalue weighted by Crippen LogP contribution is -2.36. The third kappa shape index (κ3) is 1.99. The van der Waals surface area contributed by atoms with Crippen LogP contribution in [0.25, 0.3) is 10.2 Å². The number of aliphatic carboxylic acids is 1. The van der Waals surface area contributed by atoms with Crippen molar-refractivity contribution in [3.8, 4) is 0 Å². The standard InChI is InChI=1S/C12H14N2O4S/c1-4-7-6(5-8(15)16)9-10(17)13(2)12(18)14(3)11(9)19-7/h4-5H2,1-3H3,(H,15,16). The van der Waals surface area contributed by atoms with Gasteiger partial charge in [0, 0.05) is 19.0 Å². The lowest BCUT2D eigenvalue weighted by Gasteiger charge is -2.04. The molecule has 0 aliphatic heterocycles. The van der Waals surface area contributed by atoms with Gasteiger partial charge < -0.3 is 5.11 Å². The van der Waals surface area contributed by atoms with E-state index in [0.717, 1.165) is 9.44 Å². The molecule has 102 valence electrons. The zero-order chi connectivity index (χ0) is 14.3. The fraction of sp³-hybridized carbons (Fsp3) is 0.417. The summed E-state index contributed by atoms with van der Waals surface area (Å²) >= 11 is 1.32. The van der Waals surface area contributed by atoms with Gasteiger partial charge in [0.2, 0.25) is 0 Å². The normalized spacial score (nSPS) is 11.1. The number of rotatable bonds is 3. The first-order valence-electron chi connectivity index (χ1n) is 5.80. The number of aryl methyl sites for hydroxylation is 2. The van der Waals surface area contributed by atoms with E-state index in [4.69, 9.17) is 5.11 Å². The third-order valence-corrected chi connectivity index (χ3v) is 4.57. The molecule has 19 heavy (non-hydrogen) atoms. The summed E-state index contributed by atoms with van der Waals surface area (Å²) in [4.78, 5) is 36.4. The van der Waals surface area contributed by atoms with Crippen LogP contribution in [0.5, 0.6) is 0 Å². The van der Waals surface area contributed by atoms with Crippen molar-refractivity contribution in [3.05, 3.63) is 31.3 Å². The molecule has 7 heteroatoms. The smallest absolute Gasteiger partial charge is 0.331 e. The molecule has 0 radical (unpaired) electrons. The molecule has 2 aromatic rings. The molecule has 2 aromatic heterocycles. The summed E-state index contributed by atoms with van der Waals surface area (Å²) in [5.74, 6) is -0.981. The van der Waals surface area contributed by atoms with Crippen molar-refractivity contribution in [2.24, 2.45) is 14.1 Å². The summed E-state index contributed by atoms with van der Waals surface area (Å²) in [5, 5.41) is 9.33. The molecule has 0 aliphatic rings. The minimum Gasteiger partial charge on any atom is -0.481 e. The second-order valence-electron chi connectivity index (χ2n) is 4.31. The highest BCUT2D eigenvalue weighted by atomic mass is 32.1. The van der Waals surface area contributed by atoms with Crippen molar-refractivity contribution in [2.45, 2.75) is 19.8 Å². The predicted octanol–water partition coefficient (Wildman–Crippen LogP) is 0.488. The highest BCUT2D eigenvalue weighted by Gasteiger charge is 2.20. The molecular formula is C12H14N2O4S. The van der Waals surface area contributed by atoms with Gasteiger partial charge >= 0.3 is 11.7 Å². The van der Waals surface area contributed by atoms with Crippen molar-refractivity contribution in [2.75, 3.05) is 0 Å². The minimum absolute atomic E-state index is 0.198. The molecule has 0 unspecified atom stereocenters. The molecule has 0 spiro atoms. The van der Waals surface area contributed by atoms with Crippen LogP contribution < -0.4 is 11.2 Å². The van der Waals surface area contributed by atoms with Crippen molar-refractivity contribution in [1.29, 1.82) is 0 Å². The Hall–Kier alpha value is -1.89. The van der Waals surface area contributed by atoms with E-state index in [-0.39, 0.29) is 6.42 Å². The molecule has 0 bridgehead atoms. The van der Waals surface area contributed by atoms with E-state index in [1.807, 2.05) is 6.92 Å². The number of fused-ring (bicyclic) bond motifs is 1. The quantitative estimate of drug-likeness (QED) is 0.888. The number of nitrogens with zero attached hydrogens (tertiary/aromatic N) is 2. The summed E-state index contributed by atoms with van der Waals surface area (Å²) in [6.45, 7) is 1.90. The first-order chi connectivity index (χ1) is 8.88. The Kier molecular flexibility index (Phi) is 3.32. The molecule has 0 atom stereocenters. The third-order valence-electron chi connectivity index (χ3n) is 3.12. The molecule has 0 amide bonds. The second kappa shape index (κ2) is 4.65. The van der Waals surface area contributed by atoms with E-state index in [2.05, 4.69) is 0 Å². The van der Waals surface area contributed by atoms with Gasteiger partial charge in [0.05, 0.1) is 11.8 Å². The van der Waals surface area contributed by atoms with E-state index in [0.29, 0.717) is 22.2 Å². The van der Waals surface area contributed by atoms with E-state index >= 15 is 0 Å². The van der Waals surface area contributed by atoms with Crippen molar-refractivity contribution in [3.63, 3.8) is 0 Å². The van der Waals surface area contributed by atoms with Crippen LogP contribution in [0, 0.1) is 0 Å². The highest BCUT2D eigenvalue weighted by molar-refractivity contribution is 7.18. The van der Waals surface area contributed by atoms with Crippen LogP contribution in [-0.4, -0.2) is 20.2 Å². The zero-order valence-electron chi connectivity index (χ0n) is 10.9. The zero-order valence-corrected chi connectivity index (χ0v) is 11.7. The molecule has 0 aromatic carbocycles. The van der Waals surface area contributed by atoms with Gasteiger partial charge in [-0.15, -0.1) is 11.3 Å². The first kappa shape index (κ1) is 13.5. The number of hydrogen-bond donors (Lipinski definition) is 1. The van der Waals surface area contributed by atoms with E-state index in [1.54, 1.807) is 7.05 Å². The average molecular weight is 282 g/mol. The highest BCUT2D eigenvalue weighted by Crippen LogP contribution is 2.28. The lowest BCUT2D eigenvalue weighted by molar-refractivity contribution is -0.136. The van der Waals surface area contributed by atoms with Crippen LogP contribution in [0.15, 0.2) is 9.59 Å². The Balaban J connectivity index is 2.99. The van der Waals surface area contributed by atoms with Crippen molar-refractivity contribution >= 4 is 27.5 Å². The Labute approximate surface area is 112 Å². The minimum atomic E-state index is -0.981. The number of carboxylic acid groups (broad SMARTS) is 1. The SMILES string of the molecule is CCc1sc2c(c1CC(=O)O)c(=O)n(C)c(=O)n2C. The van der Waals surface area contributed by atoms with E-state index in [1.165, 1.54) is 23.0 Å². The van der Waals surface area contributed by atoms with Gasteiger partial charge in [-0.1, -0.05) is 6.92 Å². The summed E-state index contributed by atoms with van der Waals surface area (Å²) < 4.78 is 2.41. The summed E-state index contributed by atoms with van der Waals surface area (Å²) in [7, 11) is 2.99. The number of carbonyl (C=O) groups is 1. The van der Waals surface area contributed by atoms with Gasteiger partial charge in [-0.2, -0.15) is 0 Å². The summed E-state index contributed by atoms with van der Waals surface area (Å²) in [6, 6.07) is 0. The van der Waals surface area contributed by atoms with Gasteiger partial charge in [0.1, 0.15) is 4.83 Å². The number of hydrogen-bond acceptors (Lipinski definition) is 4. The van der Waals surface area contributed by atoms with Crippen LogP contribution in [0.3, 0.4) is 0 Å². The molecule has 0 saturated heterocycles. The van der Waals surface area contributed by atoms with Crippen LogP contribution in [0.4, 0.5) is 0 Å². The Bertz CT molecular complexity index is 782. The molecule has 0 fully saturated rings. The monoisotopic (exact) mass is 282 g/mol. The van der Waals surface area contributed by atoms with Crippen LogP contribution >= 0.6 is 11.3 Å². The molecule has 0 saturated carbocycles. The van der Waals surface area contributed by atoms with Crippen LogP contribution in [-0.2, 0) is 31.7 Å². The predicted molar refractivity (Wildman–Crippen MR) is 73.0 cm³/mol. The molecule has 0 aliphatic carbocycles. The largest absolute Gasteiger partial charge is 0.481 e. The van der Waals surface area contributed by atoms with Gasteiger partial charge in [-0.3, -0.25) is 18.7 Å². The van der Waals surface area contributed by atoms with Gasteiger partial charge in [-0.25, -0.2) is 4.79 Å². The maximum absolute atomic E-state index is 12.2. The number of thiophene rings is 1. The van der Waals surface area contributed by atoms with E-state index in [9.17, 15) is 14.4 Å². The molecule has 2 heterocycles. The van der Waals surface area contributed by atoms with E-state index < -0.39 is 17.2 Å². The van der Waals surface area contributed by atoms with Gasteiger partial charge in [-0.05, 0) is 12.0 Å². The fourth-order valence-electron chi connectivity index (χ4n) is 2.14. The Morgan fingerprint density at radius 3 is 2.42 bits per heavy atom. The van der Waals surface area contributed by atoms with Crippen LogP contribution in [0.1, 0.15) is 17.4 Å². The first-order valence-corrected chi connectivity index (χ1v) is 6.62. The molecular weight excluding hydrogens is 268 g/mol. The lowest BCUT2D eigenvalue weighted by atomic mass is 10.1. The van der Waals surface area contributed by atoms with Gasteiger partial charge in [0.25, 0.3) is 5.56 Å². The van der Waals surface area contributed by atoms with Crippen molar-refractivity contribution in [1.82, 2.24) is 9.13 Å². The molecule has 2 rings (SSSR count).